The van der Waals surface area contributed by atoms with Crippen molar-refractivity contribution in [2.45, 2.75) is 27.2 Å². The number of carbonyl (C=O) groups is 2. The van der Waals surface area contributed by atoms with Crippen molar-refractivity contribution in [1.82, 2.24) is 15.1 Å². The second kappa shape index (κ2) is 6.88. The van der Waals surface area contributed by atoms with Crippen LogP contribution in [-0.2, 0) is 16.6 Å². The minimum absolute atomic E-state index is 0.231. The van der Waals surface area contributed by atoms with E-state index in [0.717, 1.165) is 17.0 Å². The first-order valence-electron chi connectivity index (χ1n) is 6.51. The van der Waals surface area contributed by atoms with E-state index in [4.69, 9.17) is 5.11 Å². The number of aromatic nitrogens is 2. The van der Waals surface area contributed by atoms with Gasteiger partial charge in [0.05, 0.1) is 11.6 Å². The summed E-state index contributed by atoms with van der Waals surface area (Å²) in [6.45, 7) is 5.79. The van der Waals surface area contributed by atoms with Gasteiger partial charge in [0.25, 0.3) is 0 Å². The zero-order valence-electron chi connectivity index (χ0n) is 12.3. The molecule has 1 aromatic rings. The van der Waals surface area contributed by atoms with E-state index in [0.29, 0.717) is 13.0 Å². The van der Waals surface area contributed by atoms with Crippen LogP contribution in [-0.4, -0.2) is 33.3 Å². The van der Waals surface area contributed by atoms with Crippen LogP contribution in [0.1, 0.15) is 30.3 Å². The third kappa shape index (κ3) is 4.22. The Labute approximate surface area is 118 Å². The van der Waals surface area contributed by atoms with Crippen molar-refractivity contribution in [2.24, 2.45) is 13.0 Å². The van der Waals surface area contributed by atoms with Gasteiger partial charge in [0, 0.05) is 30.9 Å². The maximum atomic E-state index is 11.6. The summed E-state index contributed by atoms with van der Waals surface area (Å²) in [7, 11) is 1.85. The first kappa shape index (κ1) is 15.9. The lowest BCUT2D eigenvalue weighted by molar-refractivity contribution is -0.141. The number of aliphatic carboxylic acids is 1. The van der Waals surface area contributed by atoms with Crippen molar-refractivity contribution in [2.75, 3.05) is 6.54 Å². The smallest absolute Gasteiger partial charge is 0.306 e. The zero-order valence-corrected chi connectivity index (χ0v) is 12.3. The van der Waals surface area contributed by atoms with Crippen LogP contribution in [0.5, 0.6) is 0 Å². The number of nitrogens with zero attached hydrogens (tertiary/aromatic N) is 2. The monoisotopic (exact) mass is 279 g/mol. The fourth-order valence-corrected chi connectivity index (χ4v) is 1.78. The summed E-state index contributed by atoms with van der Waals surface area (Å²) in [6.07, 6.45) is 3.59. The molecule has 2 N–H and O–H groups in total. The number of nitrogens with one attached hydrogen (secondary N) is 1. The van der Waals surface area contributed by atoms with Crippen molar-refractivity contribution in [3.8, 4) is 0 Å². The molecule has 1 heterocycles. The number of carboxylic acid groups (broad SMARTS) is 1. The van der Waals surface area contributed by atoms with E-state index in [9.17, 15) is 9.59 Å². The summed E-state index contributed by atoms with van der Waals surface area (Å²) < 4.78 is 1.77. The average molecular weight is 279 g/mol. The molecule has 0 bridgehead atoms. The maximum absolute atomic E-state index is 11.6. The molecule has 0 aliphatic heterocycles. The van der Waals surface area contributed by atoms with E-state index in [2.05, 4.69) is 10.4 Å². The van der Waals surface area contributed by atoms with Gasteiger partial charge in [0.2, 0.25) is 5.91 Å². The summed E-state index contributed by atoms with van der Waals surface area (Å²) in [6, 6.07) is 0. The number of rotatable bonds is 6. The van der Waals surface area contributed by atoms with Gasteiger partial charge in [-0.2, -0.15) is 5.10 Å². The number of hydrogen-bond acceptors (Lipinski definition) is 3. The first-order valence-corrected chi connectivity index (χ1v) is 6.51. The molecule has 6 nitrogen and oxygen atoms in total. The minimum atomic E-state index is -0.851. The molecule has 0 aromatic carbocycles. The van der Waals surface area contributed by atoms with E-state index in [-0.39, 0.29) is 5.91 Å². The van der Waals surface area contributed by atoms with E-state index in [1.54, 1.807) is 17.7 Å². The molecular weight excluding hydrogens is 258 g/mol. The summed E-state index contributed by atoms with van der Waals surface area (Å²) in [4.78, 5) is 22.3. The molecule has 0 fully saturated rings. The highest BCUT2D eigenvalue weighted by molar-refractivity contribution is 5.92. The molecule has 1 aromatic heterocycles. The highest BCUT2D eigenvalue weighted by Gasteiger charge is 2.10. The van der Waals surface area contributed by atoms with Crippen molar-refractivity contribution in [3.05, 3.63) is 23.0 Å². The third-order valence-corrected chi connectivity index (χ3v) is 3.26. The highest BCUT2D eigenvalue weighted by Crippen LogP contribution is 2.13. The third-order valence-electron chi connectivity index (χ3n) is 3.26. The summed E-state index contributed by atoms with van der Waals surface area (Å²) in [5.74, 6) is -1.54. The summed E-state index contributed by atoms with van der Waals surface area (Å²) >= 11 is 0. The Hall–Kier alpha value is -2.11. The molecule has 1 atom stereocenters. The molecule has 1 amide bonds. The summed E-state index contributed by atoms with van der Waals surface area (Å²) in [5, 5.41) is 15.7. The molecule has 0 aliphatic rings. The highest BCUT2D eigenvalue weighted by atomic mass is 16.4. The largest absolute Gasteiger partial charge is 0.481 e. The number of aryl methyl sites for hydroxylation is 2. The van der Waals surface area contributed by atoms with Crippen LogP contribution >= 0.6 is 0 Å². The number of carboxylic acids is 1. The molecular formula is C14H21N3O3. The Morgan fingerprint density at radius 1 is 1.45 bits per heavy atom. The second-order valence-corrected chi connectivity index (χ2v) is 4.86. The van der Waals surface area contributed by atoms with Crippen LogP contribution in [0, 0.1) is 19.8 Å². The quantitative estimate of drug-likeness (QED) is 0.768. The molecule has 0 aliphatic carbocycles. The van der Waals surface area contributed by atoms with Gasteiger partial charge in [-0.15, -0.1) is 0 Å². The van der Waals surface area contributed by atoms with Crippen LogP contribution < -0.4 is 5.32 Å². The van der Waals surface area contributed by atoms with Crippen LogP contribution in [0.4, 0.5) is 0 Å². The second-order valence-electron chi connectivity index (χ2n) is 4.86. The fraction of sp³-hybridized carbons (Fsp3) is 0.500. The Kier molecular flexibility index (Phi) is 5.49. The predicted molar refractivity (Wildman–Crippen MR) is 76.1 cm³/mol. The molecule has 1 unspecified atom stereocenters. The maximum Gasteiger partial charge on any atom is 0.306 e. The molecule has 0 saturated carbocycles. The predicted octanol–water partition coefficient (Wildman–Crippen LogP) is 1.28. The minimum Gasteiger partial charge on any atom is -0.481 e. The lowest BCUT2D eigenvalue weighted by Crippen LogP contribution is -2.25. The van der Waals surface area contributed by atoms with E-state index < -0.39 is 11.9 Å². The van der Waals surface area contributed by atoms with Gasteiger partial charge in [-0.3, -0.25) is 14.3 Å². The van der Waals surface area contributed by atoms with Crippen molar-refractivity contribution in [1.29, 1.82) is 0 Å². The van der Waals surface area contributed by atoms with Crippen molar-refractivity contribution < 1.29 is 14.7 Å². The fourth-order valence-electron chi connectivity index (χ4n) is 1.78. The molecule has 0 saturated heterocycles. The summed E-state index contributed by atoms with van der Waals surface area (Å²) in [5.41, 5.74) is 2.79. The average Bonchev–Trinajstić information content (AvgIpc) is 2.61. The zero-order chi connectivity index (χ0) is 15.3. The van der Waals surface area contributed by atoms with Gasteiger partial charge in [-0.25, -0.2) is 0 Å². The Bertz CT molecular complexity index is 532. The van der Waals surface area contributed by atoms with E-state index >= 15 is 0 Å². The number of amides is 1. The first-order chi connectivity index (χ1) is 9.32. The van der Waals surface area contributed by atoms with Gasteiger partial charge in [-0.1, -0.05) is 6.92 Å². The topological polar surface area (TPSA) is 84.2 Å². The van der Waals surface area contributed by atoms with E-state index in [1.165, 1.54) is 6.08 Å². The van der Waals surface area contributed by atoms with E-state index in [1.807, 2.05) is 20.9 Å². The van der Waals surface area contributed by atoms with Gasteiger partial charge in [0.1, 0.15) is 0 Å². The Balaban J connectivity index is 2.50. The molecule has 6 heteroatoms. The lowest BCUT2D eigenvalue weighted by atomic mass is 10.1. The van der Waals surface area contributed by atoms with Gasteiger partial charge < -0.3 is 10.4 Å². The SMILES string of the molecule is Cc1nn(C)c(C)c1/C=C/C(=O)NCCC(C)C(=O)O. The molecule has 20 heavy (non-hydrogen) atoms. The van der Waals surface area contributed by atoms with Crippen LogP contribution in [0.3, 0.4) is 0 Å². The standard InChI is InChI=1S/C14H21N3O3/c1-9(14(19)20)7-8-15-13(18)6-5-12-10(2)16-17(4)11(12)3/h5-6,9H,7-8H2,1-4H3,(H,15,18)(H,19,20)/b6-5+. The Morgan fingerprint density at radius 2 is 2.10 bits per heavy atom. The number of carbonyl (C=O) groups excluding carboxylic acids is 1. The van der Waals surface area contributed by atoms with Gasteiger partial charge in [-0.05, 0) is 26.3 Å². The van der Waals surface area contributed by atoms with Crippen molar-refractivity contribution >= 4 is 18.0 Å². The van der Waals surface area contributed by atoms with Crippen molar-refractivity contribution in [3.63, 3.8) is 0 Å². The van der Waals surface area contributed by atoms with Gasteiger partial charge >= 0.3 is 5.97 Å². The lowest BCUT2D eigenvalue weighted by Gasteiger charge is -2.05. The number of hydrogen-bond donors (Lipinski definition) is 2. The Morgan fingerprint density at radius 3 is 2.60 bits per heavy atom. The normalized spacial score (nSPS) is 12.6. The van der Waals surface area contributed by atoms with Crippen LogP contribution in [0.25, 0.3) is 6.08 Å². The molecule has 110 valence electrons. The van der Waals surface area contributed by atoms with Gasteiger partial charge in [0.15, 0.2) is 0 Å². The van der Waals surface area contributed by atoms with Crippen LogP contribution in [0.15, 0.2) is 6.08 Å². The molecule has 1 rings (SSSR count). The molecule has 0 radical (unpaired) electrons. The van der Waals surface area contributed by atoms with Crippen LogP contribution in [0.2, 0.25) is 0 Å². The molecule has 0 spiro atoms.